The number of aromatic nitrogens is 3. The van der Waals surface area contributed by atoms with Gasteiger partial charge in [0.1, 0.15) is 0 Å². The minimum atomic E-state index is 0.0757. The molecule has 0 spiro atoms. The summed E-state index contributed by atoms with van der Waals surface area (Å²) in [7, 11) is 0. The molecule has 5 nitrogen and oxygen atoms in total. The molecule has 3 aromatic rings. The van der Waals surface area contributed by atoms with E-state index in [0.717, 1.165) is 54.7 Å². The molecule has 1 N–H and O–H groups in total. The van der Waals surface area contributed by atoms with Gasteiger partial charge in [0.2, 0.25) is 0 Å². The molecular formula is C23H26N4O. The standard InChI is InChI=1S/C23H26N4O/c1-3-17-14-25-26-22(17)19-10-7-13-27(15-19)23(28)21-16(2)24-12-11-20(21)18-8-5-4-6-9-18/h4-6,8-9,11-12,14,19H,3,7,10,13,15H2,1-2H3,(H,25,26)/t19-/m1/s1. The third-order valence-corrected chi connectivity index (χ3v) is 5.69. The van der Waals surface area contributed by atoms with Gasteiger partial charge in [-0.25, -0.2) is 0 Å². The van der Waals surface area contributed by atoms with E-state index in [1.165, 1.54) is 11.3 Å². The molecule has 1 amide bonds. The summed E-state index contributed by atoms with van der Waals surface area (Å²) in [6, 6.07) is 12.0. The van der Waals surface area contributed by atoms with Crippen LogP contribution in [0.2, 0.25) is 0 Å². The van der Waals surface area contributed by atoms with Gasteiger partial charge in [0.25, 0.3) is 5.91 Å². The lowest BCUT2D eigenvalue weighted by Crippen LogP contribution is -2.40. The first-order valence-corrected chi connectivity index (χ1v) is 10.0. The number of piperidine rings is 1. The van der Waals surface area contributed by atoms with E-state index in [4.69, 9.17) is 0 Å². The minimum absolute atomic E-state index is 0.0757. The smallest absolute Gasteiger partial charge is 0.256 e. The van der Waals surface area contributed by atoms with Crippen molar-refractivity contribution >= 4 is 5.91 Å². The SMILES string of the molecule is CCc1cn[nH]c1[C@@H]1CCCN(C(=O)c2c(-c3ccccc3)ccnc2C)C1. The highest BCUT2D eigenvalue weighted by Crippen LogP contribution is 2.31. The van der Waals surface area contributed by atoms with Gasteiger partial charge in [0, 0.05) is 30.9 Å². The largest absolute Gasteiger partial charge is 0.338 e. The molecule has 28 heavy (non-hydrogen) atoms. The van der Waals surface area contributed by atoms with Gasteiger partial charge in [-0.1, -0.05) is 37.3 Å². The summed E-state index contributed by atoms with van der Waals surface area (Å²) in [6.45, 7) is 5.57. The fraction of sp³-hybridized carbons (Fsp3) is 0.348. The molecule has 0 bridgehead atoms. The number of nitrogens with one attached hydrogen (secondary N) is 1. The fourth-order valence-electron chi connectivity index (χ4n) is 4.21. The predicted octanol–water partition coefficient (Wildman–Crippen LogP) is 4.36. The van der Waals surface area contributed by atoms with E-state index >= 15 is 0 Å². The number of aryl methyl sites for hydroxylation is 2. The van der Waals surface area contributed by atoms with Crippen LogP contribution in [0.5, 0.6) is 0 Å². The van der Waals surface area contributed by atoms with Gasteiger partial charge < -0.3 is 4.90 Å². The molecule has 0 saturated carbocycles. The van der Waals surface area contributed by atoms with E-state index in [-0.39, 0.29) is 5.91 Å². The van der Waals surface area contributed by atoms with Crippen LogP contribution in [-0.2, 0) is 6.42 Å². The summed E-state index contributed by atoms with van der Waals surface area (Å²) in [5.74, 6) is 0.388. The van der Waals surface area contributed by atoms with Gasteiger partial charge in [-0.05, 0) is 48.9 Å². The Balaban J connectivity index is 1.65. The minimum Gasteiger partial charge on any atom is -0.338 e. The monoisotopic (exact) mass is 374 g/mol. The van der Waals surface area contributed by atoms with Crippen LogP contribution < -0.4 is 0 Å². The molecule has 1 atom stereocenters. The van der Waals surface area contributed by atoms with E-state index in [1.54, 1.807) is 6.20 Å². The number of benzene rings is 1. The Morgan fingerprint density at radius 3 is 2.86 bits per heavy atom. The van der Waals surface area contributed by atoms with Crippen molar-refractivity contribution in [2.24, 2.45) is 0 Å². The van der Waals surface area contributed by atoms with Gasteiger partial charge in [-0.3, -0.25) is 14.9 Å². The van der Waals surface area contributed by atoms with Crippen LogP contribution in [0, 0.1) is 6.92 Å². The predicted molar refractivity (Wildman–Crippen MR) is 110 cm³/mol. The molecule has 0 unspecified atom stereocenters. The average molecular weight is 374 g/mol. The number of carbonyl (C=O) groups excluding carboxylic acids is 1. The van der Waals surface area contributed by atoms with Gasteiger partial charge in [-0.2, -0.15) is 5.10 Å². The van der Waals surface area contributed by atoms with E-state index in [0.29, 0.717) is 5.92 Å². The third kappa shape index (κ3) is 3.44. The van der Waals surface area contributed by atoms with Crippen LogP contribution in [0.3, 0.4) is 0 Å². The number of rotatable bonds is 4. The Kier molecular flexibility index (Phi) is 5.24. The molecule has 3 heterocycles. The summed E-state index contributed by atoms with van der Waals surface area (Å²) in [4.78, 5) is 19.9. The number of H-pyrrole nitrogens is 1. The van der Waals surface area contributed by atoms with Crippen molar-refractivity contribution in [2.45, 2.75) is 39.0 Å². The topological polar surface area (TPSA) is 61.9 Å². The first kappa shape index (κ1) is 18.4. The van der Waals surface area contributed by atoms with E-state index < -0.39 is 0 Å². The summed E-state index contributed by atoms with van der Waals surface area (Å²) in [5.41, 5.74) is 5.94. The van der Waals surface area contributed by atoms with Crippen molar-refractivity contribution in [1.82, 2.24) is 20.1 Å². The number of nitrogens with zero attached hydrogens (tertiary/aromatic N) is 3. The Morgan fingerprint density at radius 1 is 1.25 bits per heavy atom. The number of pyridine rings is 1. The molecule has 0 radical (unpaired) electrons. The van der Waals surface area contributed by atoms with Crippen molar-refractivity contribution in [3.8, 4) is 11.1 Å². The van der Waals surface area contributed by atoms with Gasteiger partial charge in [0.05, 0.1) is 17.5 Å². The van der Waals surface area contributed by atoms with Crippen LogP contribution in [-0.4, -0.2) is 39.1 Å². The highest BCUT2D eigenvalue weighted by molar-refractivity contribution is 6.01. The summed E-state index contributed by atoms with van der Waals surface area (Å²) < 4.78 is 0. The van der Waals surface area contributed by atoms with Gasteiger partial charge in [0.15, 0.2) is 0 Å². The van der Waals surface area contributed by atoms with Crippen molar-refractivity contribution < 1.29 is 4.79 Å². The van der Waals surface area contributed by atoms with Crippen LogP contribution >= 0.6 is 0 Å². The van der Waals surface area contributed by atoms with E-state index in [1.807, 2.05) is 54.4 Å². The maximum atomic E-state index is 13.5. The quantitative estimate of drug-likeness (QED) is 0.738. The molecule has 0 aliphatic carbocycles. The molecule has 1 fully saturated rings. The number of hydrogen-bond acceptors (Lipinski definition) is 3. The number of carbonyl (C=O) groups is 1. The second kappa shape index (κ2) is 7.97. The number of aromatic amines is 1. The summed E-state index contributed by atoms with van der Waals surface area (Å²) in [6.07, 6.45) is 6.73. The molecule has 1 aromatic carbocycles. The molecule has 1 saturated heterocycles. The Labute approximate surface area is 165 Å². The highest BCUT2D eigenvalue weighted by Gasteiger charge is 2.29. The Bertz CT molecular complexity index is 964. The zero-order valence-electron chi connectivity index (χ0n) is 16.5. The van der Waals surface area contributed by atoms with Crippen LogP contribution in [0.15, 0.2) is 48.8 Å². The van der Waals surface area contributed by atoms with Crippen LogP contribution in [0.4, 0.5) is 0 Å². The maximum Gasteiger partial charge on any atom is 0.256 e. The first-order chi connectivity index (χ1) is 13.7. The lowest BCUT2D eigenvalue weighted by molar-refractivity contribution is 0.0705. The van der Waals surface area contributed by atoms with Gasteiger partial charge in [-0.15, -0.1) is 0 Å². The molecule has 1 aliphatic heterocycles. The summed E-state index contributed by atoms with van der Waals surface area (Å²) in [5, 5.41) is 7.40. The number of likely N-dealkylation sites (tertiary alicyclic amines) is 1. The second-order valence-electron chi connectivity index (χ2n) is 7.44. The highest BCUT2D eigenvalue weighted by atomic mass is 16.2. The van der Waals surface area contributed by atoms with Gasteiger partial charge >= 0.3 is 0 Å². The molecule has 4 rings (SSSR count). The van der Waals surface area contributed by atoms with Crippen LogP contribution in [0.25, 0.3) is 11.1 Å². The second-order valence-corrected chi connectivity index (χ2v) is 7.44. The number of amides is 1. The lowest BCUT2D eigenvalue weighted by Gasteiger charge is -2.33. The van der Waals surface area contributed by atoms with E-state index in [2.05, 4.69) is 22.1 Å². The fourth-order valence-corrected chi connectivity index (χ4v) is 4.21. The van der Waals surface area contributed by atoms with Crippen molar-refractivity contribution in [1.29, 1.82) is 0 Å². The number of hydrogen-bond donors (Lipinski definition) is 1. The maximum absolute atomic E-state index is 13.5. The molecule has 1 aliphatic rings. The average Bonchev–Trinajstić information content (AvgIpc) is 3.23. The zero-order valence-corrected chi connectivity index (χ0v) is 16.5. The van der Waals surface area contributed by atoms with E-state index in [9.17, 15) is 4.79 Å². The lowest BCUT2D eigenvalue weighted by atomic mass is 9.91. The van der Waals surface area contributed by atoms with Crippen LogP contribution in [0.1, 0.15) is 53.0 Å². The Hall–Kier alpha value is -2.95. The van der Waals surface area contributed by atoms with Crippen molar-refractivity contribution in [3.05, 3.63) is 71.3 Å². The van der Waals surface area contributed by atoms with Crippen molar-refractivity contribution in [2.75, 3.05) is 13.1 Å². The normalized spacial score (nSPS) is 16.9. The third-order valence-electron chi connectivity index (χ3n) is 5.69. The molecule has 2 aromatic heterocycles. The zero-order chi connectivity index (χ0) is 19.5. The summed E-state index contributed by atoms with van der Waals surface area (Å²) >= 11 is 0. The first-order valence-electron chi connectivity index (χ1n) is 10.0. The van der Waals surface area contributed by atoms with Crippen molar-refractivity contribution in [3.63, 3.8) is 0 Å². The molecule has 5 heteroatoms. The molecule has 144 valence electrons. The molecular weight excluding hydrogens is 348 g/mol. The Morgan fingerprint density at radius 2 is 2.07 bits per heavy atom.